The predicted molar refractivity (Wildman–Crippen MR) is 44.4 cm³/mol. The molecule has 11 heavy (non-hydrogen) atoms. The summed E-state index contributed by atoms with van der Waals surface area (Å²) < 4.78 is 0. The Hall–Kier alpha value is -0.0500. The molecule has 0 radical (unpaired) electrons. The Kier molecular flexibility index (Phi) is 2.93. The van der Waals surface area contributed by atoms with Crippen LogP contribution in [0.3, 0.4) is 0 Å². The second-order valence-electron chi connectivity index (χ2n) is 2.72. The third-order valence-electron chi connectivity index (χ3n) is 2.05. The predicted octanol–water partition coefficient (Wildman–Crippen LogP) is -1.04. The molecule has 3 heteroatoms. The zero-order valence-electron chi connectivity index (χ0n) is 6.43. The Labute approximate surface area is 77.2 Å². The maximum Gasteiger partial charge on any atom is 0.0302 e. The lowest BCUT2D eigenvalue weighted by Gasteiger charge is -2.19. The molecule has 2 heterocycles. The van der Waals surface area contributed by atoms with Crippen molar-refractivity contribution in [2.45, 2.75) is 19.4 Å². The lowest BCUT2D eigenvalue weighted by Crippen LogP contribution is -3.00. The van der Waals surface area contributed by atoms with Crippen LogP contribution >= 0.6 is 11.3 Å². The Balaban J connectivity index is 0.000000605. The molecule has 0 fully saturated rings. The number of hydrogen-bond donors (Lipinski definition) is 1. The summed E-state index contributed by atoms with van der Waals surface area (Å²) in [4.78, 5) is 1.58. The Morgan fingerprint density at radius 1 is 1.64 bits per heavy atom. The molecule has 1 aliphatic rings. The third-order valence-corrected chi connectivity index (χ3v) is 3.05. The van der Waals surface area contributed by atoms with Crippen molar-refractivity contribution in [3.8, 4) is 0 Å². The highest BCUT2D eigenvalue weighted by Gasteiger charge is 2.15. The van der Waals surface area contributed by atoms with Crippen LogP contribution in [0, 0.1) is 0 Å². The van der Waals surface area contributed by atoms with Crippen molar-refractivity contribution in [1.82, 2.24) is 5.32 Å². The van der Waals surface area contributed by atoms with Gasteiger partial charge in [0.25, 0.3) is 0 Å². The number of rotatable bonds is 0. The number of thiophene rings is 1. The minimum absolute atomic E-state index is 0. The van der Waals surface area contributed by atoms with Gasteiger partial charge in [-0.3, -0.25) is 0 Å². The maximum atomic E-state index is 3.43. The van der Waals surface area contributed by atoms with E-state index in [1.807, 2.05) is 11.3 Å². The Morgan fingerprint density at radius 2 is 2.45 bits per heavy atom. The standard InChI is InChI=1S/C8H11NS.ClH/c1-6-7-3-5-10-8(7)2-4-9-6;/h3,5-6,9H,2,4H2,1H3;1H/p-1. The molecule has 1 unspecified atom stereocenters. The Morgan fingerprint density at radius 3 is 3.18 bits per heavy atom. The highest BCUT2D eigenvalue weighted by Crippen LogP contribution is 2.26. The molecule has 1 aliphatic heterocycles. The fourth-order valence-corrected chi connectivity index (χ4v) is 2.43. The monoisotopic (exact) mass is 188 g/mol. The third kappa shape index (κ3) is 1.58. The summed E-state index contributed by atoms with van der Waals surface area (Å²) in [6.07, 6.45) is 1.22. The van der Waals surface area contributed by atoms with Crippen LogP contribution < -0.4 is 17.7 Å². The van der Waals surface area contributed by atoms with Crippen molar-refractivity contribution < 1.29 is 12.4 Å². The van der Waals surface area contributed by atoms with E-state index in [1.54, 1.807) is 4.88 Å². The van der Waals surface area contributed by atoms with Crippen LogP contribution in [0.5, 0.6) is 0 Å². The molecule has 2 rings (SSSR count). The first kappa shape index (κ1) is 9.04. The molecule has 1 aromatic rings. The van der Waals surface area contributed by atoms with E-state index in [0.29, 0.717) is 6.04 Å². The fourth-order valence-electron chi connectivity index (χ4n) is 1.45. The molecule has 0 aliphatic carbocycles. The number of fused-ring (bicyclic) bond motifs is 1. The van der Waals surface area contributed by atoms with E-state index >= 15 is 0 Å². The summed E-state index contributed by atoms with van der Waals surface area (Å²) in [7, 11) is 0. The van der Waals surface area contributed by atoms with Crippen LogP contribution in [0.15, 0.2) is 11.4 Å². The van der Waals surface area contributed by atoms with E-state index in [2.05, 4.69) is 23.7 Å². The van der Waals surface area contributed by atoms with E-state index in [4.69, 9.17) is 0 Å². The summed E-state index contributed by atoms with van der Waals surface area (Å²) in [5.41, 5.74) is 1.51. The zero-order valence-corrected chi connectivity index (χ0v) is 8.00. The zero-order chi connectivity index (χ0) is 6.97. The highest BCUT2D eigenvalue weighted by atomic mass is 35.5. The molecular formula is C8H11ClNS-. The van der Waals surface area contributed by atoms with Gasteiger partial charge in [-0.05, 0) is 30.4 Å². The molecule has 0 saturated carbocycles. The smallest absolute Gasteiger partial charge is 0.0302 e. The lowest BCUT2D eigenvalue weighted by atomic mass is 10.0. The summed E-state index contributed by atoms with van der Waals surface area (Å²) in [5.74, 6) is 0. The van der Waals surface area contributed by atoms with Crippen molar-refractivity contribution >= 4 is 11.3 Å². The highest BCUT2D eigenvalue weighted by molar-refractivity contribution is 7.10. The van der Waals surface area contributed by atoms with Crippen molar-refractivity contribution in [3.63, 3.8) is 0 Å². The van der Waals surface area contributed by atoms with E-state index in [9.17, 15) is 0 Å². The molecular weight excluding hydrogens is 178 g/mol. The van der Waals surface area contributed by atoms with Gasteiger partial charge in [-0.25, -0.2) is 0 Å². The van der Waals surface area contributed by atoms with Gasteiger partial charge in [0.1, 0.15) is 0 Å². The van der Waals surface area contributed by atoms with Crippen molar-refractivity contribution in [2.24, 2.45) is 0 Å². The summed E-state index contributed by atoms with van der Waals surface area (Å²) in [6.45, 7) is 3.37. The number of halogens is 1. The van der Waals surface area contributed by atoms with Gasteiger partial charge in [0.05, 0.1) is 0 Å². The van der Waals surface area contributed by atoms with Gasteiger partial charge in [0.15, 0.2) is 0 Å². The summed E-state index contributed by atoms with van der Waals surface area (Å²) >= 11 is 1.89. The second-order valence-corrected chi connectivity index (χ2v) is 3.73. The SMILES string of the molecule is CC1NCCc2sccc21.[Cl-]. The van der Waals surface area contributed by atoms with Crippen molar-refractivity contribution in [2.75, 3.05) is 6.54 Å². The first-order chi connectivity index (χ1) is 4.88. The molecule has 62 valence electrons. The van der Waals surface area contributed by atoms with E-state index in [1.165, 1.54) is 12.0 Å². The van der Waals surface area contributed by atoms with Crippen LogP contribution in [0.4, 0.5) is 0 Å². The topological polar surface area (TPSA) is 12.0 Å². The van der Waals surface area contributed by atoms with Gasteiger partial charge in [0.2, 0.25) is 0 Å². The van der Waals surface area contributed by atoms with Gasteiger partial charge in [-0.1, -0.05) is 0 Å². The van der Waals surface area contributed by atoms with Crippen LogP contribution in [0.2, 0.25) is 0 Å². The molecule has 0 bridgehead atoms. The maximum absolute atomic E-state index is 3.43. The van der Waals surface area contributed by atoms with Gasteiger partial charge in [-0.15, -0.1) is 11.3 Å². The molecule has 1 N–H and O–H groups in total. The average molecular weight is 189 g/mol. The van der Waals surface area contributed by atoms with E-state index in [-0.39, 0.29) is 12.4 Å². The fraction of sp³-hybridized carbons (Fsp3) is 0.500. The van der Waals surface area contributed by atoms with Crippen LogP contribution in [0.1, 0.15) is 23.4 Å². The lowest BCUT2D eigenvalue weighted by molar-refractivity contribution is -0.00000208. The number of hydrogen-bond acceptors (Lipinski definition) is 2. The van der Waals surface area contributed by atoms with Gasteiger partial charge in [0, 0.05) is 17.5 Å². The first-order valence-corrected chi connectivity index (χ1v) is 4.55. The van der Waals surface area contributed by atoms with Gasteiger partial charge < -0.3 is 17.7 Å². The van der Waals surface area contributed by atoms with Crippen LogP contribution in [-0.2, 0) is 6.42 Å². The van der Waals surface area contributed by atoms with Crippen molar-refractivity contribution in [1.29, 1.82) is 0 Å². The number of nitrogens with one attached hydrogen (secondary N) is 1. The average Bonchev–Trinajstić information content (AvgIpc) is 2.36. The molecule has 1 aromatic heterocycles. The second kappa shape index (κ2) is 3.57. The van der Waals surface area contributed by atoms with E-state index < -0.39 is 0 Å². The summed E-state index contributed by atoms with van der Waals surface area (Å²) in [5, 5.41) is 5.62. The summed E-state index contributed by atoms with van der Waals surface area (Å²) in [6, 6.07) is 2.81. The molecule has 1 atom stereocenters. The van der Waals surface area contributed by atoms with Gasteiger partial charge >= 0.3 is 0 Å². The van der Waals surface area contributed by atoms with Crippen LogP contribution in [0.25, 0.3) is 0 Å². The molecule has 0 spiro atoms. The quantitative estimate of drug-likeness (QED) is 0.549. The largest absolute Gasteiger partial charge is 1.00 e. The minimum Gasteiger partial charge on any atom is -1.00 e. The Bertz CT molecular complexity index is 234. The van der Waals surface area contributed by atoms with Crippen LogP contribution in [-0.4, -0.2) is 6.54 Å². The van der Waals surface area contributed by atoms with Gasteiger partial charge in [-0.2, -0.15) is 0 Å². The molecule has 0 aromatic carbocycles. The molecule has 1 nitrogen and oxygen atoms in total. The first-order valence-electron chi connectivity index (χ1n) is 3.67. The minimum atomic E-state index is 0. The normalized spacial score (nSPS) is 22.1. The molecule has 0 saturated heterocycles. The van der Waals surface area contributed by atoms with Crippen molar-refractivity contribution in [3.05, 3.63) is 21.9 Å². The van der Waals surface area contributed by atoms with E-state index in [0.717, 1.165) is 6.54 Å². The molecule has 0 amide bonds.